The number of hydrogen-bond acceptors (Lipinski definition) is 3. The van der Waals surface area contributed by atoms with E-state index in [1.807, 2.05) is 0 Å². The van der Waals surface area contributed by atoms with Gasteiger partial charge in [0.2, 0.25) is 0 Å². The van der Waals surface area contributed by atoms with E-state index < -0.39 is 0 Å². The van der Waals surface area contributed by atoms with Gasteiger partial charge in [0, 0.05) is 24.7 Å². The molecule has 0 amide bonds. The van der Waals surface area contributed by atoms with Gasteiger partial charge in [-0.05, 0) is 71.1 Å². The summed E-state index contributed by atoms with van der Waals surface area (Å²) < 4.78 is 0. The summed E-state index contributed by atoms with van der Waals surface area (Å²) in [6.07, 6.45) is 8.55. The Kier molecular flexibility index (Phi) is 4.45. The molecule has 0 radical (unpaired) electrons. The van der Waals surface area contributed by atoms with Crippen LogP contribution >= 0.6 is 0 Å². The van der Waals surface area contributed by atoms with Crippen LogP contribution in [0.2, 0.25) is 0 Å². The maximum Gasteiger partial charge on any atom is 0.0114 e. The first-order valence-corrected chi connectivity index (χ1v) is 8.45. The molecule has 3 aliphatic heterocycles. The Labute approximate surface area is 118 Å². The van der Waals surface area contributed by atoms with Crippen LogP contribution in [0, 0.1) is 5.92 Å². The number of rotatable bonds is 4. The third-order valence-electron chi connectivity index (χ3n) is 5.92. The highest BCUT2D eigenvalue weighted by Gasteiger charge is 2.40. The van der Waals surface area contributed by atoms with Gasteiger partial charge < -0.3 is 10.2 Å². The van der Waals surface area contributed by atoms with Crippen LogP contribution in [0.3, 0.4) is 0 Å². The van der Waals surface area contributed by atoms with E-state index in [-0.39, 0.29) is 0 Å². The minimum atomic E-state index is 0.788. The van der Waals surface area contributed by atoms with Crippen LogP contribution in [0.15, 0.2) is 0 Å². The van der Waals surface area contributed by atoms with Gasteiger partial charge in [0.15, 0.2) is 0 Å². The lowest BCUT2D eigenvalue weighted by Crippen LogP contribution is -2.50. The first-order valence-electron chi connectivity index (χ1n) is 8.45. The molecule has 3 nitrogen and oxygen atoms in total. The molecule has 3 rings (SSSR count). The van der Waals surface area contributed by atoms with E-state index in [0.717, 1.165) is 24.0 Å². The molecule has 1 N–H and O–H groups in total. The van der Waals surface area contributed by atoms with Crippen molar-refractivity contribution in [2.24, 2.45) is 5.92 Å². The second-order valence-corrected chi connectivity index (χ2v) is 6.92. The third kappa shape index (κ3) is 2.98. The van der Waals surface area contributed by atoms with Crippen LogP contribution in [0.4, 0.5) is 0 Å². The van der Waals surface area contributed by atoms with Crippen molar-refractivity contribution in [2.75, 3.05) is 33.2 Å². The molecule has 2 atom stereocenters. The molecule has 2 unspecified atom stereocenters. The summed E-state index contributed by atoms with van der Waals surface area (Å²) in [4.78, 5) is 5.50. The molecule has 0 aromatic rings. The van der Waals surface area contributed by atoms with Gasteiger partial charge in [0.25, 0.3) is 0 Å². The monoisotopic (exact) mass is 265 g/mol. The fourth-order valence-electron chi connectivity index (χ4n) is 4.59. The van der Waals surface area contributed by atoms with Crippen molar-refractivity contribution >= 4 is 0 Å². The quantitative estimate of drug-likeness (QED) is 0.838. The molecule has 0 aromatic heterocycles. The molecule has 3 heteroatoms. The highest BCUT2D eigenvalue weighted by molar-refractivity contribution is 4.98. The highest BCUT2D eigenvalue weighted by atomic mass is 15.2. The smallest absolute Gasteiger partial charge is 0.0114 e. The maximum absolute atomic E-state index is 3.51. The molecule has 0 spiro atoms. The average Bonchev–Trinajstić information content (AvgIpc) is 2.70. The lowest BCUT2D eigenvalue weighted by Gasteiger charge is -2.42. The summed E-state index contributed by atoms with van der Waals surface area (Å²) in [6, 6.07) is 2.57. The van der Waals surface area contributed by atoms with Crippen molar-refractivity contribution in [1.82, 2.24) is 15.1 Å². The van der Waals surface area contributed by atoms with E-state index in [2.05, 4.69) is 29.1 Å². The van der Waals surface area contributed by atoms with E-state index in [4.69, 9.17) is 0 Å². The summed E-state index contributed by atoms with van der Waals surface area (Å²) in [6.45, 7) is 7.60. The summed E-state index contributed by atoms with van der Waals surface area (Å²) in [7, 11) is 2.14. The van der Waals surface area contributed by atoms with Gasteiger partial charge in [-0.2, -0.15) is 0 Å². The molecular formula is C16H31N3. The second-order valence-electron chi connectivity index (χ2n) is 6.92. The van der Waals surface area contributed by atoms with Gasteiger partial charge >= 0.3 is 0 Å². The van der Waals surface area contributed by atoms with Crippen molar-refractivity contribution in [3.63, 3.8) is 0 Å². The molecule has 3 aliphatic rings. The molecular weight excluding hydrogens is 234 g/mol. The number of nitrogens with one attached hydrogen (secondary N) is 1. The molecule has 3 fully saturated rings. The van der Waals surface area contributed by atoms with Crippen molar-refractivity contribution in [2.45, 2.75) is 63.6 Å². The Morgan fingerprint density at radius 1 is 1.00 bits per heavy atom. The Balaban J connectivity index is 1.51. The van der Waals surface area contributed by atoms with Crippen LogP contribution in [0.1, 0.15) is 45.4 Å². The first-order chi connectivity index (χ1) is 9.30. The SMILES string of the molecule is CCN1CCC(CN2C3CCC2CC(NC)C3)CC1. The Morgan fingerprint density at radius 3 is 2.16 bits per heavy atom. The van der Waals surface area contributed by atoms with Crippen molar-refractivity contribution in [3.8, 4) is 0 Å². The van der Waals surface area contributed by atoms with E-state index in [9.17, 15) is 0 Å². The van der Waals surface area contributed by atoms with Crippen molar-refractivity contribution in [1.29, 1.82) is 0 Å². The summed E-state index contributed by atoms with van der Waals surface area (Å²) >= 11 is 0. The minimum Gasteiger partial charge on any atom is -0.317 e. The van der Waals surface area contributed by atoms with Gasteiger partial charge in [-0.25, -0.2) is 0 Å². The van der Waals surface area contributed by atoms with E-state index in [1.54, 1.807) is 0 Å². The van der Waals surface area contributed by atoms with Crippen LogP contribution in [-0.2, 0) is 0 Å². The lowest BCUT2D eigenvalue weighted by atomic mass is 9.92. The second kappa shape index (κ2) is 6.11. The van der Waals surface area contributed by atoms with Crippen LogP contribution in [0.25, 0.3) is 0 Å². The zero-order chi connectivity index (χ0) is 13.2. The van der Waals surface area contributed by atoms with Gasteiger partial charge in [0.05, 0.1) is 0 Å². The molecule has 110 valence electrons. The highest BCUT2D eigenvalue weighted by Crippen LogP contribution is 2.37. The number of piperidine rings is 2. The number of likely N-dealkylation sites (tertiary alicyclic amines) is 1. The molecule has 0 aromatic carbocycles. The Hall–Kier alpha value is -0.120. The topological polar surface area (TPSA) is 18.5 Å². The molecule has 0 aliphatic carbocycles. The minimum absolute atomic E-state index is 0.788. The fraction of sp³-hybridized carbons (Fsp3) is 1.00. The van der Waals surface area contributed by atoms with Crippen LogP contribution in [0.5, 0.6) is 0 Å². The normalized spacial score (nSPS) is 37.9. The Bertz CT molecular complexity index is 272. The van der Waals surface area contributed by atoms with Gasteiger partial charge in [0.1, 0.15) is 0 Å². The molecule has 2 bridgehead atoms. The molecule has 0 saturated carbocycles. The van der Waals surface area contributed by atoms with E-state index in [1.165, 1.54) is 64.7 Å². The Morgan fingerprint density at radius 2 is 1.63 bits per heavy atom. The standard InChI is InChI=1S/C16H31N3/c1-3-18-8-6-13(7-9-18)12-19-15-4-5-16(19)11-14(10-15)17-2/h13-17H,3-12H2,1-2H3. The fourth-order valence-corrected chi connectivity index (χ4v) is 4.59. The first kappa shape index (κ1) is 13.8. The molecule has 3 saturated heterocycles. The predicted molar refractivity (Wildman–Crippen MR) is 80.4 cm³/mol. The van der Waals surface area contributed by atoms with Crippen molar-refractivity contribution < 1.29 is 0 Å². The van der Waals surface area contributed by atoms with Gasteiger partial charge in [-0.15, -0.1) is 0 Å². The molecule has 3 heterocycles. The third-order valence-corrected chi connectivity index (χ3v) is 5.92. The average molecular weight is 265 g/mol. The van der Waals surface area contributed by atoms with Gasteiger partial charge in [-0.3, -0.25) is 4.90 Å². The summed E-state index contributed by atoms with van der Waals surface area (Å²) in [5, 5.41) is 3.51. The molecule has 19 heavy (non-hydrogen) atoms. The zero-order valence-electron chi connectivity index (χ0n) is 12.8. The van der Waals surface area contributed by atoms with Crippen LogP contribution in [-0.4, -0.2) is 61.2 Å². The largest absolute Gasteiger partial charge is 0.317 e. The number of nitrogens with zero attached hydrogens (tertiary/aromatic N) is 2. The number of hydrogen-bond donors (Lipinski definition) is 1. The summed E-state index contributed by atoms with van der Waals surface area (Å²) in [5.74, 6) is 0.969. The lowest BCUT2D eigenvalue weighted by molar-refractivity contribution is 0.0777. The summed E-state index contributed by atoms with van der Waals surface area (Å²) in [5.41, 5.74) is 0. The van der Waals surface area contributed by atoms with E-state index in [0.29, 0.717) is 0 Å². The maximum atomic E-state index is 3.51. The van der Waals surface area contributed by atoms with Crippen molar-refractivity contribution in [3.05, 3.63) is 0 Å². The van der Waals surface area contributed by atoms with E-state index >= 15 is 0 Å². The predicted octanol–water partition coefficient (Wildman–Crippen LogP) is 1.93. The zero-order valence-corrected chi connectivity index (χ0v) is 12.8. The number of fused-ring (bicyclic) bond motifs is 2. The van der Waals surface area contributed by atoms with Gasteiger partial charge in [-0.1, -0.05) is 6.92 Å². The van der Waals surface area contributed by atoms with Crippen LogP contribution < -0.4 is 5.32 Å².